The van der Waals surface area contributed by atoms with E-state index in [1.807, 2.05) is 0 Å². The molecule has 1 atom stereocenters. The second-order valence-electron chi connectivity index (χ2n) is 4.18. The van der Waals surface area contributed by atoms with Crippen molar-refractivity contribution in [3.63, 3.8) is 0 Å². The molecule has 0 saturated carbocycles. The van der Waals surface area contributed by atoms with Crippen molar-refractivity contribution in [3.8, 4) is 0 Å². The number of nitro groups is 1. The lowest BCUT2D eigenvalue weighted by Gasteiger charge is -2.07. The van der Waals surface area contributed by atoms with Crippen LogP contribution in [0.5, 0.6) is 0 Å². The summed E-state index contributed by atoms with van der Waals surface area (Å²) in [5.41, 5.74) is 6.15. The van der Waals surface area contributed by atoms with Gasteiger partial charge in [-0.3, -0.25) is 14.3 Å². The maximum Gasteiger partial charge on any atom is 0.283 e. The molecule has 0 saturated heterocycles. The van der Waals surface area contributed by atoms with E-state index in [4.69, 9.17) is 5.73 Å². The molecule has 0 spiro atoms. The van der Waals surface area contributed by atoms with E-state index in [1.165, 1.54) is 24.3 Å². The zero-order valence-corrected chi connectivity index (χ0v) is 13.0. The van der Waals surface area contributed by atoms with E-state index in [9.17, 15) is 18.7 Å². The first-order valence-corrected chi connectivity index (χ1v) is 7.86. The Morgan fingerprint density at radius 1 is 1.33 bits per heavy atom. The first kappa shape index (κ1) is 15.6. The monoisotopic (exact) mass is 372 g/mol. The van der Waals surface area contributed by atoms with Crippen molar-refractivity contribution in [3.05, 3.63) is 62.4 Å². The zero-order chi connectivity index (χ0) is 15.6. The highest BCUT2D eigenvalue weighted by Gasteiger charge is 2.17. The van der Waals surface area contributed by atoms with Gasteiger partial charge in [0.1, 0.15) is 5.82 Å². The fraction of sp³-hybridized carbons (Fsp3) is 0.0769. The number of anilines is 1. The molecule has 5 nitrogen and oxygen atoms in total. The van der Waals surface area contributed by atoms with Gasteiger partial charge in [-0.2, -0.15) is 0 Å². The molecule has 110 valence electrons. The maximum absolute atomic E-state index is 13.0. The Labute approximate surface area is 130 Å². The van der Waals surface area contributed by atoms with Crippen LogP contribution >= 0.6 is 15.9 Å². The molecule has 0 radical (unpaired) electrons. The van der Waals surface area contributed by atoms with Gasteiger partial charge in [-0.25, -0.2) is 4.39 Å². The Morgan fingerprint density at radius 2 is 2.05 bits per heavy atom. The van der Waals surface area contributed by atoms with Crippen LogP contribution in [0.4, 0.5) is 15.8 Å². The Morgan fingerprint density at radius 3 is 2.67 bits per heavy atom. The highest BCUT2D eigenvalue weighted by molar-refractivity contribution is 9.10. The first-order chi connectivity index (χ1) is 9.90. The molecule has 0 bridgehead atoms. The van der Waals surface area contributed by atoms with Crippen LogP contribution in [0.15, 0.2) is 45.8 Å². The second kappa shape index (κ2) is 6.31. The molecule has 0 aliphatic rings. The molecule has 0 fully saturated rings. The van der Waals surface area contributed by atoms with Gasteiger partial charge in [-0.1, -0.05) is 12.1 Å². The summed E-state index contributed by atoms with van der Waals surface area (Å²) in [4.78, 5) is 10.6. The summed E-state index contributed by atoms with van der Waals surface area (Å²) < 4.78 is 25.6. The topological polar surface area (TPSA) is 86.2 Å². The number of rotatable bonds is 4. The smallest absolute Gasteiger partial charge is 0.283 e. The van der Waals surface area contributed by atoms with Crippen molar-refractivity contribution in [2.75, 3.05) is 5.73 Å². The van der Waals surface area contributed by atoms with Gasteiger partial charge in [0.05, 0.1) is 36.5 Å². The molecule has 0 heterocycles. The number of hydrogen-bond donors (Lipinski definition) is 1. The lowest BCUT2D eigenvalue weighted by atomic mass is 10.2. The number of nitro benzene ring substituents is 1. The molecule has 0 aliphatic heterocycles. The number of nitrogens with zero attached hydrogens (tertiary/aromatic N) is 1. The molecule has 0 amide bonds. The average molecular weight is 373 g/mol. The van der Waals surface area contributed by atoms with Crippen LogP contribution in [0, 0.1) is 15.9 Å². The molecule has 2 aromatic rings. The Hall–Kier alpha value is -1.80. The molecule has 21 heavy (non-hydrogen) atoms. The summed E-state index contributed by atoms with van der Waals surface area (Å²) in [6.45, 7) is 0. The number of halogens is 2. The van der Waals surface area contributed by atoms with Gasteiger partial charge in [0.2, 0.25) is 0 Å². The van der Waals surface area contributed by atoms with Crippen molar-refractivity contribution in [2.24, 2.45) is 0 Å². The molecular weight excluding hydrogens is 363 g/mol. The van der Waals surface area contributed by atoms with Gasteiger partial charge in [0.15, 0.2) is 0 Å². The summed E-state index contributed by atoms with van der Waals surface area (Å²) in [6, 6.07) is 8.12. The summed E-state index contributed by atoms with van der Waals surface area (Å²) in [5, 5.41) is 10.9. The van der Waals surface area contributed by atoms with Gasteiger partial charge in [-0.05, 0) is 39.7 Å². The highest BCUT2D eigenvalue weighted by atomic mass is 79.9. The summed E-state index contributed by atoms with van der Waals surface area (Å²) in [5.74, 6) is -0.470. The minimum Gasteiger partial charge on any atom is -0.398 e. The third-order valence-corrected chi connectivity index (χ3v) is 5.11. The summed E-state index contributed by atoms with van der Waals surface area (Å²) >= 11 is 3.15. The second-order valence-corrected chi connectivity index (χ2v) is 6.39. The van der Waals surface area contributed by atoms with Crippen LogP contribution < -0.4 is 5.73 Å². The van der Waals surface area contributed by atoms with Crippen LogP contribution in [-0.4, -0.2) is 9.13 Å². The van der Waals surface area contributed by atoms with Crippen LogP contribution in [0.25, 0.3) is 0 Å². The van der Waals surface area contributed by atoms with Crippen molar-refractivity contribution >= 4 is 38.1 Å². The zero-order valence-electron chi connectivity index (χ0n) is 10.6. The number of nitrogens with two attached hydrogens (primary N) is 1. The van der Waals surface area contributed by atoms with E-state index in [-0.39, 0.29) is 21.6 Å². The molecule has 0 aromatic heterocycles. The van der Waals surface area contributed by atoms with E-state index in [0.29, 0.717) is 10.5 Å². The SMILES string of the molecule is Nc1cc(F)ccc1S(=O)Cc1cccc([N+](=O)[O-])c1Br. The van der Waals surface area contributed by atoms with Crippen LogP contribution in [0.3, 0.4) is 0 Å². The average Bonchev–Trinajstić information content (AvgIpc) is 2.40. The quantitative estimate of drug-likeness (QED) is 0.506. The van der Waals surface area contributed by atoms with Crippen molar-refractivity contribution in [2.45, 2.75) is 10.6 Å². The van der Waals surface area contributed by atoms with Crippen LogP contribution in [0.2, 0.25) is 0 Å². The predicted octanol–water partition coefficient (Wildman–Crippen LogP) is 3.39. The number of benzene rings is 2. The third-order valence-electron chi connectivity index (χ3n) is 2.76. The van der Waals surface area contributed by atoms with Crippen molar-refractivity contribution in [1.82, 2.24) is 0 Å². The Bertz CT molecular complexity index is 739. The van der Waals surface area contributed by atoms with E-state index >= 15 is 0 Å². The minimum absolute atomic E-state index is 0.0398. The number of hydrogen-bond acceptors (Lipinski definition) is 4. The van der Waals surface area contributed by atoms with Crippen molar-refractivity contribution in [1.29, 1.82) is 0 Å². The number of nitrogen functional groups attached to an aromatic ring is 1. The Kier molecular flexibility index (Phi) is 4.69. The molecule has 1 unspecified atom stereocenters. The fourth-order valence-corrected chi connectivity index (χ4v) is 3.72. The predicted molar refractivity (Wildman–Crippen MR) is 81.7 cm³/mol. The highest BCUT2D eigenvalue weighted by Crippen LogP contribution is 2.30. The molecule has 2 aromatic carbocycles. The summed E-state index contributed by atoms with van der Waals surface area (Å²) in [7, 11) is -1.53. The molecule has 0 aliphatic carbocycles. The first-order valence-electron chi connectivity index (χ1n) is 5.75. The van der Waals surface area contributed by atoms with Gasteiger partial charge in [0, 0.05) is 6.07 Å². The lowest BCUT2D eigenvalue weighted by Crippen LogP contribution is -2.03. The molecule has 2 N–H and O–H groups in total. The van der Waals surface area contributed by atoms with Gasteiger partial charge in [-0.15, -0.1) is 0 Å². The van der Waals surface area contributed by atoms with Crippen molar-refractivity contribution < 1.29 is 13.5 Å². The molecule has 8 heteroatoms. The Balaban J connectivity index is 2.32. The standard InChI is InChI=1S/C13H10BrFN2O3S/c14-13-8(2-1-3-11(13)17(18)19)7-21(20)12-5-4-9(15)6-10(12)16/h1-6H,7,16H2. The third kappa shape index (κ3) is 3.45. The van der Waals surface area contributed by atoms with E-state index in [1.54, 1.807) is 6.07 Å². The van der Waals surface area contributed by atoms with Gasteiger partial charge in [0.25, 0.3) is 5.69 Å². The summed E-state index contributed by atoms with van der Waals surface area (Å²) in [6.07, 6.45) is 0. The van der Waals surface area contributed by atoms with E-state index < -0.39 is 21.5 Å². The minimum atomic E-state index is -1.53. The molecule has 2 rings (SSSR count). The normalized spacial score (nSPS) is 12.1. The largest absolute Gasteiger partial charge is 0.398 e. The van der Waals surface area contributed by atoms with Crippen LogP contribution in [-0.2, 0) is 16.6 Å². The molecular formula is C13H10BrFN2O3S. The van der Waals surface area contributed by atoms with E-state index in [2.05, 4.69) is 15.9 Å². The van der Waals surface area contributed by atoms with E-state index in [0.717, 1.165) is 6.07 Å². The van der Waals surface area contributed by atoms with Crippen LogP contribution in [0.1, 0.15) is 5.56 Å². The lowest BCUT2D eigenvalue weighted by molar-refractivity contribution is -0.385. The fourth-order valence-electron chi connectivity index (χ4n) is 1.76. The maximum atomic E-state index is 13.0. The van der Waals surface area contributed by atoms with Gasteiger partial charge >= 0.3 is 0 Å². The van der Waals surface area contributed by atoms with Gasteiger partial charge < -0.3 is 5.73 Å².